The molecule has 2 saturated carbocycles. The molecule has 9 atom stereocenters. The lowest BCUT2D eigenvalue weighted by atomic mass is 9.59. The first-order chi connectivity index (χ1) is 12.8. The van der Waals surface area contributed by atoms with E-state index in [1.54, 1.807) is 6.42 Å². The molecule has 3 aliphatic rings. The third-order valence-electron chi connectivity index (χ3n) is 9.63. The monoisotopic (exact) mass is 372 g/mol. The molecular formula is C27H48. The predicted octanol–water partition coefficient (Wildman–Crippen LogP) is 8.52. The molecule has 0 radical (unpaired) electrons. The van der Waals surface area contributed by atoms with Crippen LogP contribution in [0.1, 0.15) is 106 Å². The van der Waals surface area contributed by atoms with Crippen LogP contribution in [0.2, 0.25) is 0 Å². The summed E-state index contributed by atoms with van der Waals surface area (Å²) in [6.45, 7) is 15.0. The van der Waals surface area contributed by atoms with E-state index in [1.165, 1.54) is 57.8 Å². The van der Waals surface area contributed by atoms with Gasteiger partial charge >= 0.3 is 0 Å². The minimum absolute atomic E-state index is 0.582. The number of allylic oxidation sites excluding steroid dienone is 2. The van der Waals surface area contributed by atoms with Gasteiger partial charge in [0.1, 0.15) is 0 Å². The Morgan fingerprint density at radius 2 is 1.59 bits per heavy atom. The Bertz CT molecular complexity index is 490. The van der Waals surface area contributed by atoms with Crippen molar-refractivity contribution in [3.8, 4) is 0 Å². The quantitative estimate of drug-likeness (QED) is 0.424. The molecule has 0 bridgehead atoms. The van der Waals surface area contributed by atoms with Gasteiger partial charge in [0.15, 0.2) is 0 Å². The topological polar surface area (TPSA) is 0 Å². The first-order valence-corrected chi connectivity index (χ1v) is 12.5. The van der Waals surface area contributed by atoms with E-state index in [1.807, 2.05) is 0 Å². The molecule has 3 aliphatic carbocycles. The van der Waals surface area contributed by atoms with Crippen LogP contribution >= 0.6 is 0 Å². The maximum atomic E-state index is 2.62. The molecule has 0 aliphatic heterocycles. The highest BCUT2D eigenvalue weighted by atomic mass is 14.5. The van der Waals surface area contributed by atoms with Crippen molar-refractivity contribution < 1.29 is 0 Å². The van der Waals surface area contributed by atoms with Gasteiger partial charge in [0.05, 0.1) is 0 Å². The summed E-state index contributed by atoms with van der Waals surface area (Å²) in [5.74, 6) is 7.44. The smallest absolute Gasteiger partial charge is 0.0225 e. The zero-order valence-corrected chi connectivity index (χ0v) is 19.3. The van der Waals surface area contributed by atoms with Crippen molar-refractivity contribution in [3.63, 3.8) is 0 Å². The summed E-state index contributed by atoms with van der Waals surface area (Å²) in [5, 5.41) is 0. The summed E-state index contributed by atoms with van der Waals surface area (Å²) in [4.78, 5) is 0. The molecule has 0 aromatic heterocycles. The Balaban J connectivity index is 1.49. The zero-order valence-electron chi connectivity index (χ0n) is 19.3. The van der Waals surface area contributed by atoms with Gasteiger partial charge in [-0.1, -0.05) is 66.5 Å². The van der Waals surface area contributed by atoms with Crippen LogP contribution in [0.4, 0.5) is 0 Å². The van der Waals surface area contributed by atoms with Crippen molar-refractivity contribution in [3.05, 3.63) is 12.2 Å². The molecule has 0 spiro atoms. The minimum Gasteiger partial charge on any atom is -0.0852 e. The lowest BCUT2D eigenvalue weighted by Crippen LogP contribution is -2.36. The van der Waals surface area contributed by atoms with E-state index >= 15 is 0 Å². The van der Waals surface area contributed by atoms with Gasteiger partial charge in [-0.3, -0.25) is 0 Å². The van der Waals surface area contributed by atoms with E-state index < -0.39 is 0 Å². The Hall–Kier alpha value is -0.260. The van der Waals surface area contributed by atoms with Gasteiger partial charge in [0, 0.05) is 0 Å². The molecule has 0 nitrogen and oxygen atoms in total. The summed E-state index contributed by atoms with van der Waals surface area (Å²) in [6, 6.07) is 0. The van der Waals surface area contributed by atoms with Crippen LogP contribution in [0.3, 0.4) is 0 Å². The van der Waals surface area contributed by atoms with Crippen LogP contribution in [0.25, 0.3) is 0 Å². The molecule has 27 heavy (non-hydrogen) atoms. The fourth-order valence-electron chi connectivity index (χ4n) is 7.11. The van der Waals surface area contributed by atoms with Gasteiger partial charge in [0.25, 0.3) is 0 Å². The molecule has 0 saturated heterocycles. The van der Waals surface area contributed by atoms with Crippen LogP contribution in [-0.2, 0) is 0 Å². The summed E-state index contributed by atoms with van der Waals surface area (Å²) in [5.41, 5.74) is 0.582. The Kier molecular flexibility index (Phi) is 7.18. The molecule has 0 N–H and O–H groups in total. The van der Waals surface area contributed by atoms with E-state index in [-0.39, 0.29) is 0 Å². The minimum atomic E-state index is 0.582. The van der Waals surface area contributed by atoms with Crippen molar-refractivity contribution in [2.45, 2.75) is 106 Å². The number of hydrogen-bond acceptors (Lipinski definition) is 0. The fourth-order valence-corrected chi connectivity index (χ4v) is 7.11. The first-order valence-electron chi connectivity index (χ1n) is 12.5. The van der Waals surface area contributed by atoms with Gasteiger partial charge in [-0.25, -0.2) is 0 Å². The third kappa shape index (κ3) is 5.22. The normalized spacial score (nSPS) is 48.5. The van der Waals surface area contributed by atoms with Crippen LogP contribution in [0.5, 0.6) is 0 Å². The summed E-state index contributed by atoms with van der Waals surface area (Å²) < 4.78 is 0. The second-order valence-electron chi connectivity index (χ2n) is 11.7. The first kappa shape index (κ1) is 21.4. The third-order valence-corrected chi connectivity index (χ3v) is 9.63. The van der Waals surface area contributed by atoms with E-state index in [0.717, 1.165) is 47.3 Å². The molecular weight excluding hydrogens is 324 g/mol. The lowest BCUT2D eigenvalue weighted by Gasteiger charge is -2.46. The highest BCUT2D eigenvalue weighted by Gasteiger charge is 2.40. The highest BCUT2D eigenvalue weighted by molar-refractivity contribution is 5.02. The van der Waals surface area contributed by atoms with Crippen molar-refractivity contribution in [1.82, 2.24) is 0 Å². The summed E-state index contributed by atoms with van der Waals surface area (Å²) in [6.07, 6.45) is 19.9. The fraction of sp³-hybridized carbons (Fsp3) is 0.926. The van der Waals surface area contributed by atoms with Gasteiger partial charge in [-0.15, -0.1) is 0 Å². The molecule has 0 amide bonds. The maximum Gasteiger partial charge on any atom is -0.0225 e. The molecule has 0 heterocycles. The second kappa shape index (κ2) is 9.04. The van der Waals surface area contributed by atoms with Gasteiger partial charge in [-0.2, -0.15) is 0 Å². The summed E-state index contributed by atoms with van der Waals surface area (Å²) in [7, 11) is 0. The molecule has 0 aromatic rings. The SMILES string of the molecule is CCC1CCC(CC2CC[C@](C)(CC3C=CC(C)C(C)C3)[C@@H](C)C2)C[C@H]1C. The molecule has 0 heteroatoms. The van der Waals surface area contributed by atoms with Crippen molar-refractivity contribution in [1.29, 1.82) is 0 Å². The molecule has 156 valence electrons. The molecule has 0 aromatic carbocycles. The zero-order chi connectivity index (χ0) is 19.6. The second-order valence-corrected chi connectivity index (χ2v) is 11.7. The Labute approximate surface area is 171 Å². The molecule has 2 fully saturated rings. The number of rotatable bonds is 5. The summed E-state index contributed by atoms with van der Waals surface area (Å²) >= 11 is 0. The van der Waals surface area contributed by atoms with E-state index in [2.05, 4.69) is 53.7 Å². The highest BCUT2D eigenvalue weighted by Crippen LogP contribution is 2.51. The maximum absolute atomic E-state index is 2.62. The van der Waals surface area contributed by atoms with E-state index in [4.69, 9.17) is 0 Å². The predicted molar refractivity (Wildman–Crippen MR) is 120 cm³/mol. The van der Waals surface area contributed by atoms with Crippen LogP contribution < -0.4 is 0 Å². The van der Waals surface area contributed by atoms with Crippen molar-refractivity contribution >= 4 is 0 Å². The molecule has 6 unspecified atom stereocenters. The van der Waals surface area contributed by atoms with Crippen molar-refractivity contribution in [2.75, 3.05) is 0 Å². The van der Waals surface area contributed by atoms with E-state index in [9.17, 15) is 0 Å². The van der Waals surface area contributed by atoms with Crippen LogP contribution in [0.15, 0.2) is 12.2 Å². The van der Waals surface area contributed by atoms with Crippen LogP contribution in [0, 0.1) is 52.8 Å². The van der Waals surface area contributed by atoms with Gasteiger partial charge in [0.2, 0.25) is 0 Å². The Morgan fingerprint density at radius 1 is 0.852 bits per heavy atom. The molecule has 3 rings (SSSR count). The van der Waals surface area contributed by atoms with Crippen molar-refractivity contribution in [2.24, 2.45) is 52.8 Å². The lowest BCUT2D eigenvalue weighted by molar-refractivity contribution is 0.0507. The average Bonchev–Trinajstić information content (AvgIpc) is 2.62. The standard InChI is InChI=1S/C27H48/c1-7-26-11-10-23(15-21(26)4)17-24-12-13-27(6,22(5)16-24)18-25-9-8-19(2)20(3)14-25/h8-9,19-26H,7,10-18H2,1-6H3/t19?,20?,21-,22+,23?,24?,25?,26?,27-/m1/s1. The van der Waals surface area contributed by atoms with Gasteiger partial charge < -0.3 is 0 Å². The number of hydrogen-bond donors (Lipinski definition) is 0. The van der Waals surface area contributed by atoms with Gasteiger partial charge in [-0.05, 0) is 104 Å². The Morgan fingerprint density at radius 3 is 2.22 bits per heavy atom. The largest absolute Gasteiger partial charge is 0.0852 e. The van der Waals surface area contributed by atoms with E-state index in [0.29, 0.717) is 5.41 Å². The van der Waals surface area contributed by atoms with Crippen LogP contribution in [-0.4, -0.2) is 0 Å². The average molecular weight is 373 g/mol.